The molecular weight excluding hydrogens is 392 g/mol. The van der Waals surface area contributed by atoms with Gasteiger partial charge in [0.1, 0.15) is 0 Å². The van der Waals surface area contributed by atoms with E-state index in [0.29, 0.717) is 30.1 Å². The van der Waals surface area contributed by atoms with Crippen LogP contribution in [-0.2, 0) is 9.53 Å². The molecular formula is C24H36N4O3. The van der Waals surface area contributed by atoms with Crippen LogP contribution in [-0.4, -0.2) is 90.0 Å². The number of piperidine rings is 1. The largest absolute Gasteiger partial charge is 0.381 e. The molecule has 170 valence electrons. The van der Waals surface area contributed by atoms with Crippen LogP contribution in [0.25, 0.3) is 0 Å². The topological polar surface area (TPSA) is 66.0 Å². The van der Waals surface area contributed by atoms with Crippen LogP contribution in [0.4, 0.5) is 0 Å². The predicted molar refractivity (Wildman–Crippen MR) is 119 cm³/mol. The second-order valence-electron chi connectivity index (χ2n) is 9.41. The summed E-state index contributed by atoms with van der Waals surface area (Å²) < 4.78 is 5.61. The van der Waals surface area contributed by atoms with Crippen molar-refractivity contribution >= 4 is 11.8 Å². The van der Waals surface area contributed by atoms with E-state index in [1.54, 1.807) is 17.3 Å². The summed E-state index contributed by atoms with van der Waals surface area (Å²) in [6.07, 6.45) is 9.75. The van der Waals surface area contributed by atoms with Crippen LogP contribution in [0.2, 0.25) is 0 Å². The first kappa shape index (κ1) is 22.2. The first-order chi connectivity index (χ1) is 15.0. The lowest BCUT2D eigenvalue weighted by Gasteiger charge is -2.44. The third-order valence-corrected chi connectivity index (χ3v) is 6.93. The molecule has 2 amide bonds. The van der Waals surface area contributed by atoms with Gasteiger partial charge in [0.25, 0.3) is 5.91 Å². The molecule has 0 bridgehead atoms. The molecule has 0 radical (unpaired) electrons. The van der Waals surface area contributed by atoms with E-state index in [-0.39, 0.29) is 11.8 Å². The number of ether oxygens (including phenoxy) is 1. The molecule has 31 heavy (non-hydrogen) atoms. The molecule has 2 aliphatic heterocycles. The van der Waals surface area contributed by atoms with E-state index in [1.807, 2.05) is 20.0 Å². The first-order valence-corrected chi connectivity index (χ1v) is 11.8. The first-order valence-electron chi connectivity index (χ1n) is 11.8. The van der Waals surface area contributed by atoms with Gasteiger partial charge in [0.2, 0.25) is 5.91 Å². The van der Waals surface area contributed by atoms with Gasteiger partial charge in [-0.25, -0.2) is 0 Å². The van der Waals surface area contributed by atoms with E-state index in [9.17, 15) is 9.59 Å². The Morgan fingerprint density at radius 3 is 2.58 bits per heavy atom. The second kappa shape index (κ2) is 10.1. The highest BCUT2D eigenvalue weighted by Crippen LogP contribution is 2.33. The molecule has 3 aliphatic rings. The van der Waals surface area contributed by atoms with Crippen molar-refractivity contribution < 1.29 is 14.3 Å². The SMILES string of the molecule is Cc1cncc(C(=O)N(C)CCN(C2CCOCC2)C2CCCN(C(=O)C3CC3)C2)c1. The average molecular weight is 429 g/mol. The molecule has 7 nitrogen and oxygen atoms in total. The molecule has 0 spiro atoms. The molecule has 1 saturated carbocycles. The van der Waals surface area contributed by atoms with Gasteiger partial charge in [0.15, 0.2) is 0 Å². The van der Waals surface area contributed by atoms with Crippen molar-refractivity contribution in [3.8, 4) is 0 Å². The molecule has 2 saturated heterocycles. The van der Waals surface area contributed by atoms with E-state index in [1.165, 1.54) is 0 Å². The molecule has 1 aromatic heterocycles. The molecule has 0 N–H and O–H groups in total. The standard InChI is InChI=1S/C24H36N4O3/c1-18-14-20(16-25-15-18)23(29)26(2)10-11-28(21-7-12-31-13-8-21)22-4-3-9-27(17-22)24(30)19-5-6-19/h14-16,19,21-22H,3-13,17H2,1-2H3. The Morgan fingerprint density at radius 1 is 1.10 bits per heavy atom. The molecule has 3 fully saturated rings. The Hall–Kier alpha value is -1.99. The van der Waals surface area contributed by atoms with E-state index in [2.05, 4.69) is 14.8 Å². The summed E-state index contributed by atoms with van der Waals surface area (Å²) in [5.41, 5.74) is 1.63. The fourth-order valence-corrected chi connectivity index (χ4v) is 4.95. The molecule has 0 aromatic carbocycles. The monoisotopic (exact) mass is 428 g/mol. The minimum atomic E-state index is 0.0114. The number of aryl methyl sites for hydroxylation is 1. The predicted octanol–water partition coefficient (Wildman–Crippen LogP) is 2.34. The van der Waals surface area contributed by atoms with Crippen LogP contribution in [0.1, 0.15) is 54.4 Å². The Kier molecular flexibility index (Phi) is 7.23. The quantitative estimate of drug-likeness (QED) is 0.667. The lowest BCUT2D eigenvalue weighted by molar-refractivity contribution is -0.135. The summed E-state index contributed by atoms with van der Waals surface area (Å²) in [6, 6.07) is 2.72. The van der Waals surface area contributed by atoms with Crippen molar-refractivity contribution in [2.45, 2.75) is 57.5 Å². The number of nitrogens with zero attached hydrogens (tertiary/aromatic N) is 4. The number of rotatable bonds is 7. The van der Waals surface area contributed by atoms with Crippen LogP contribution in [0.3, 0.4) is 0 Å². The molecule has 1 atom stereocenters. The highest BCUT2D eigenvalue weighted by atomic mass is 16.5. The van der Waals surface area contributed by atoms with Gasteiger partial charge in [-0.05, 0) is 57.1 Å². The maximum absolute atomic E-state index is 12.9. The van der Waals surface area contributed by atoms with Gasteiger partial charge in [0.05, 0.1) is 5.56 Å². The van der Waals surface area contributed by atoms with Crippen molar-refractivity contribution in [3.05, 3.63) is 29.6 Å². The number of aromatic nitrogens is 1. The van der Waals surface area contributed by atoms with Crippen molar-refractivity contribution in [1.29, 1.82) is 0 Å². The van der Waals surface area contributed by atoms with E-state index >= 15 is 0 Å². The van der Waals surface area contributed by atoms with Crippen LogP contribution in [0.15, 0.2) is 18.5 Å². The summed E-state index contributed by atoms with van der Waals surface area (Å²) in [5, 5.41) is 0. The number of carbonyl (C=O) groups is 2. The third-order valence-electron chi connectivity index (χ3n) is 6.93. The lowest BCUT2D eigenvalue weighted by Crippen LogP contribution is -2.55. The maximum atomic E-state index is 12.9. The smallest absolute Gasteiger partial charge is 0.255 e. The molecule has 7 heteroatoms. The number of hydrogen-bond donors (Lipinski definition) is 0. The Balaban J connectivity index is 1.41. The van der Waals surface area contributed by atoms with Gasteiger partial charge in [0, 0.05) is 76.8 Å². The Labute approximate surface area is 185 Å². The van der Waals surface area contributed by atoms with Gasteiger partial charge < -0.3 is 14.5 Å². The highest BCUT2D eigenvalue weighted by molar-refractivity contribution is 5.93. The molecule has 4 rings (SSSR count). The zero-order valence-corrected chi connectivity index (χ0v) is 19.0. The zero-order valence-electron chi connectivity index (χ0n) is 19.0. The summed E-state index contributed by atoms with van der Waals surface area (Å²) in [5.74, 6) is 0.648. The molecule has 1 aromatic rings. The van der Waals surface area contributed by atoms with Gasteiger partial charge in [-0.15, -0.1) is 0 Å². The minimum Gasteiger partial charge on any atom is -0.381 e. The fourth-order valence-electron chi connectivity index (χ4n) is 4.95. The van der Waals surface area contributed by atoms with Crippen molar-refractivity contribution in [3.63, 3.8) is 0 Å². The number of likely N-dealkylation sites (tertiary alicyclic amines) is 1. The Morgan fingerprint density at radius 2 is 1.87 bits per heavy atom. The van der Waals surface area contributed by atoms with Crippen molar-refractivity contribution in [1.82, 2.24) is 19.7 Å². The van der Waals surface area contributed by atoms with E-state index in [4.69, 9.17) is 4.74 Å². The van der Waals surface area contributed by atoms with Crippen LogP contribution >= 0.6 is 0 Å². The van der Waals surface area contributed by atoms with Crippen LogP contribution < -0.4 is 0 Å². The maximum Gasteiger partial charge on any atom is 0.255 e. The molecule has 1 aliphatic carbocycles. The van der Waals surface area contributed by atoms with Crippen molar-refractivity contribution in [2.24, 2.45) is 5.92 Å². The highest BCUT2D eigenvalue weighted by Gasteiger charge is 2.38. The van der Waals surface area contributed by atoms with Gasteiger partial charge >= 0.3 is 0 Å². The fraction of sp³-hybridized carbons (Fsp3) is 0.708. The van der Waals surface area contributed by atoms with Crippen LogP contribution in [0.5, 0.6) is 0 Å². The van der Waals surface area contributed by atoms with Crippen molar-refractivity contribution in [2.75, 3.05) is 46.4 Å². The second-order valence-corrected chi connectivity index (χ2v) is 9.41. The number of hydrogen-bond acceptors (Lipinski definition) is 5. The molecule has 1 unspecified atom stereocenters. The number of pyridine rings is 1. The summed E-state index contributed by atoms with van der Waals surface area (Å²) in [6.45, 7) is 6.75. The summed E-state index contributed by atoms with van der Waals surface area (Å²) in [7, 11) is 1.87. The van der Waals surface area contributed by atoms with Gasteiger partial charge in [-0.2, -0.15) is 0 Å². The van der Waals surface area contributed by atoms with Gasteiger partial charge in [-0.1, -0.05) is 0 Å². The van der Waals surface area contributed by atoms with Gasteiger partial charge in [-0.3, -0.25) is 19.5 Å². The average Bonchev–Trinajstić information content (AvgIpc) is 3.64. The molecule has 3 heterocycles. The van der Waals surface area contributed by atoms with Crippen LogP contribution in [0, 0.1) is 12.8 Å². The van der Waals surface area contributed by atoms with E-state index in [0.717, 1.165) is 76.9 Å². The third kappa shape index (κ3) is 5.63. The Bertz CT molecular complexity index is 776. The number of carbonyl (C=O) groups excluding carboxylic acids is 2. The zero-order chi connectivity index (χ0) is 21.8. The summed E-state index contributed by atoms with van der Waals surface area (Å²) in [4.78, 5) is 36.2. The summed E-state index contributed by atoms with van der Waals surface area (Å²) >= 11 is 0. The van der Waals surface area contributed by atoms with E-state index < -0.39 is 0 Å². The normalized spacial score (nSPS) is 22.5. The minimum absolute atomic E-state index is 0.0114. The lowest BCUT2D eigenvalue weighted by atomic mass is 9.98. The number of likely N-dealkylation sites (N-methyl/N-ethyl adjacent to an activating group) is 1. The number of amides is 2.